The maximum Gasteiger partial charge on any atom is 0.243 e. The van der Waals surface area contributed by atoms with Gasteiger partial charge in [0, 0.05) is 37.2 Å². The number of hydrogen-bond acceptors (Lipinski definition) is 7. The number of aromatic nitrogens is 3. The highest BCUT2D eigenvalue weighted by Gasteiger charge is 2.47. The van der Waals surface area contributed by atoms with Gasteiger partial charge in [0.2, 0.25) is 17.7 Å². The van der Waals surface area contributed by atoms with E-state index < -0.39 is 24.2 Å². The van der Waals surface area contributed by atoms with E-state index >= 15 is 0 Å². The first-order valence-electron chi connectivity index (χ1n) is 13.1. The van der Waals surface area contributed by atoms with E-state index in [0.717, 1.165) is 0 Å². The molecule has 0 radical (unpaired) electrons. The maximum absolute atomic E-state index is 14.0. The minimum Gasteiger partial charge on any atom is -0.390 e. The van der Waals surface area contributed by atoms with Gasteiger partial charge >= 0.3 is 0 Å². The maximum atomic E-state index is 14.0. The first-order valence-corrected chi connectivity index (χ1v) is 13.1. The zero-order chi connectivity index (χ0) is 27.1. The normalized spacial score (nSPS) is 30.9. The van der Waals surface area contributed by atoms with Crippen molar-refractivity contribution in [3.8, 4) is 11.3 Å². The quantitative estimate of drug-likeness (QED) is 0.528. The molecule has 6 atom stereocenters. The van der Waals surface area contributed by atoms with Gasteiger partial charge in [-0.1, -0.05) is 5.21 Å². The summed E-state index contributed by atoms with van der Waals surface area (Å²) in [7, 11) is 0. The van der Waals surface area contributed by atoms with E-state index in [1.54, 1.807) is 34.8 Å². The summed E-state index contributed by atoms with van der Waals surface area (Å²) in [5, 5.41) is 24.8. The third-order valence-electron chi connectivity index (χ3n) is 7.88. The molecule has 1 aromatic heterocycles. The van der Waals surface area contributed by atoms with E-state index in [9.17, 15) is 23.9 Å². The molecule has 2 aromatic rings. The zero-order valence-electron chi connectivity index (χ0n) is 21.7. The van der Waals surface area contributed by atoms with Gasteiger partial charge in [-0.15, -0.1) is 5.10 Å². The molecule has 2 bridgehead atoms. The van der Waals surface area contributed by atoms with Crippen molar-refractivity contribution in [1.29, 1.82) is 0 Å². The molecule has 3 N–H and O–H groups in total. The van der Waals surface area contributed by atoms with Gasteiger partial charge in [-0.05, 0) is 51.5 Å². The summed E-state index contributed by atoms with van der Waals surface area (Å²) in [6.45, 7) is 6.43. The lowest BCUT2D eigenvalue weighted by Crippen LogP contribution is -2.55. The molecule has 3 aliphatic heterocycles. The third-order valence-corrected chi connectivity index (χ3v) is 7.88. The Bertz CT molecular complexity index is 1200. The molecule has 3 amide bonds. The van der Waals surface area contributed by atoms with E-state index in [2.05, 4.69) is 25.8 Å². The van der Waals surface area contributed by atoms with Gasteiger partial charge in [-0.3, -0.25) is 19.3 Å². The van der Waals surface area contributed by atoms with Crippen LogP contribution in [-0.4, -0.2) is 97.0 Å². The summed E-state index contributed by atoms with van der Waals surface area (Å²) in [6.07, 6.45) is 1.30. The van der Waals surface area contributed by atoms with Gasteiger partial charge in [-0.25, -0.2) is 9.07 Å². The van der Waals surface area contributed by atoms with Gasteiger partial charge in [0.05, 0.1) is 36.8 Å². The minimum absolute atomic E-state index is 0.0589. The Balaban J connectivity index is 1.44. The fraction of sp³-hybridized carbons (Fsp3) is 0.577. The van der Waals surface area contributed by atoms with Crippen molar-refractivity contribution in [3.05, 3.63) is 36.3 Å². The van der Waals surface area contributed by atoms with Gasteiger partial charge < -0.3 is 20.6 Å². The number of nitrogens with zero attached hydrogens (tertiary/aromatic N) is 5. The number of benzene rings is 1. The molecule has 38 heavy (non-hydrogen) atoms. The van der Waals surface area contributed by atoms with Crippen LogP contribution in [0.3, 0.4) is 0 Å². The summed E-state index contributed by atoms with van der Waals surface area (Å²) in [6, 6.07) is 3.56. The molecular weight excluding hydrogens is 493 g/mol. The Labute approximate surface area is 220 Å². The van der Waals surface area contributed by atoms with Crippen molar-refractivity contribution in [2.24, 2.45) is 0 Å². The predicted octanol–water partition coefficient (Wildman–Crippen LogP) is 0.463. The van der Waals surface area contributed by atoms with Gasteiger partial charge in [0.25, 0.3) is 0 Å². The summed E-state index contributed by atoms with van der Waals surface area (Å²) < 4.78 is 15.0. The first kappa shape index (κ1) is 26.2. The first-order chi connectivity index (χ1) is 18.1. The zero-order valence-corrected chi connectivity index (χ0v) is 21.7. The second-order valence-electron chi connectivity index (χ2n) is 10.9. The standard InChI is InChI=1S/C26H34FN7O4/c1-14(2)32-11-18-8-22(32)26(38)33-12-19(34-13-20(30-31-34)16-4-6-17(27)7-5-16)9-21(33)25(37)28-15(3)23(35)10-24(36)29-18/h4-7,13-15,18-19,21-23,35H,8-12H2,1-3H3,(H,28,37)(H,29,36)/t15-,18+,19-,21-,22-,23-/m0/s1. The lowest BCUT2D eigenvalue weighted by molar-refractivity contribution is -0.142. The lowest BCUT2D eigenvalue weighted by atomic mass is 10.1. The van der Waals surface area contributed by atoms with Crippen molar-refractivity contribution in [3.63, 3.8) is 0 Å². The van der Waals surface area contributed by atoms with Crippen molar-refractivity contribution >= 4 is 17.7 Å². The number of aliphatic hydroxyl groups is 1. The smallest absolute Gasteiger partial charge is 0.243 e. The molecule has 3 saturated heterocycles. The van der Waals surface area contributed by atoms with E-state index in [4.69, 9.17) is 0 Å². The monoisotopic (exact) mass is 527 g/mol. The van der Waals surface area contributed by atoms with Crippen LogP contribution in [0.4, 0.5) is 4.39 Å². The fourth-order valence-electron chi connectivity index (χ4n) is 5.75. The summed E-state index contributed by atoms with van der Waals surface area (Å²) in [5.41, 5.74) is 1.27. The van der Waals surface area contributed by atoms with Crippen LogP contribution in [0.15, 0.2) is 30.5 Å². The minimum atomic E-state index is -1.06. The SMILES string of the molecule is CC(C)N1C[C@H]2C[C@H]1C(=O)N1C[C@@H](n3cc(-c4ccc(F)cc4)nn3)C[C@H]1C(=O)N[C@@H](C)[C@@H](O)CC(=O)N2. The molecular formula is C26H34FN7O4. The average Bonchev–Trinajstić information content (AvgIpc) is 3.61. The number of likely N-dealkylation sites (tertiary alicyclic amines) is 1. The molecule has 3 aliphatic rings. The number of carbonyl (C=O) groups is 3. The summed E-state index contributed by atoms with van der Waals surface area (Å²) >= 11 is 0. The molecule has 5 rings (SSSR count). The van der Waals surface area contributed by atoms with Crippen LogP contribution in [-0.2, 0) is 14.4 Å². The van der Waals surface area contributed by atoms with Gasteiger partial charge in [-0.2, -0.15) is 0 Å². The van der Waals surface area contributed by atoms with Gasteiger partial charge in [0.1, 0.15) is 17.6 Å². The molecule has 4 heterocycles. The van der Waals surface area contributed by atoms with Crippen molar-refractivity contribution in [2.75, 3.05) is 13.1 Å². The number of aliphatic hydroxyl groups excluding tert-OH is 1. The molecule has 0 aliphatic carbocycles. The van der Waals surface area contributed by atoms with Crippen LogP contribution < -0.4 is 10.6 Å². The van der Waals surface area contributed by atoms with Crippen molar-refractivity contribution in [1.82, 2.24) is 35.4 Å². The highest BCUT2D eigenvalue weighted by atomic mass is 19.1. The highest BCUT2D eigenvalue weighted by Crippen LogP contribution is 2.32. The number of nitrogens with one attached hydrogen (secondary N) is 2. The fourth-order valence-corrected chi connectivity index (χ4v) is 5.75. The number of amides is 3. The molecule has 204 valence electrons. The highest BCUT2D eigenvalue weighted by molar-refractivity contribution is 5.91. The number of rotatable bonds is 3. The van der Waals surface area contributed by atoms with Crippen molar-refractivity contribution < 1.29 is 23.9 Å². The second kappa shape index (κ2) is 10.4. The molecule has 0 spiro atoms. The Morgan fingerprint density at radius 2 is 1.79 bits per heavy atom. The number of halogens is 1. The summed E-state index contributed by atoms with van der Waals surface area (Å²) in [5.74, 6) is -1.19. The van der Waals surface area contributed by atoms with Crippen LogP contribution in [0.2, 0.25) is 0 Å². The van der Waals surface area contributed by atoms with Crippen LogP contribution in [0.5, 0.6) is 0 Å². The largest absolute Gasteiger partial charge is 0.390 e. The topological polar surface area (TPSA) is 133 Å². The molecule has 12 heteroatoms. The molecule has 0 unspecified atom stereocenters. The molecule has 0 saturated carbocycles. The summed E-state index contributed by atoms with van der Waals surface area (Å²) in [4.78, 5) is 43.6. The van der Waals surface area contributed by atoms with E-state index in [1.165, 1.54) is 12.1 Å². The third kappa shape index (κ3) is 5.14. The Morgan fingerprint density at radius 1 is 1.05 bits per heavy atom. The Hall–Kier alpha value is -3.38. The van der Waals surface area contributed by atoms with Gasteiger partial charge in [0.15, 0.2) is 0 Å². The second-order valence-corrected chi connectivity index (χ2v) is 10.9. The lowest BCUT2D eigenvalue weighted by Gasteiger charge is -2.33. The van der Waals surface area contributed by atoms with Crippen LogP contribution in [0.25, 0.3) is 11.3 Å². The Morgan fingerprint density at radius 3 is 2.50 bits per heavy atom. The van der Waals surface area contributed by atoms with Crippen molar-refractivity contribution in [2.45, 2.75) is 82.4 Å². The van der Waals surface area contributed by atoms with E-state index in [1.807, 2.05) is 13.8 Å². The Kier molecular flexibility index (Phi) is 7.19. The predicted molar refractivity (Wildman–Crippen MR) is 135 cm³/mol. The number of hydrogen-bond donors (Lipinski definition) is 3. The van der Waals surface area contributed by atoms with E-state index in [0.29, 0.717) is 30.6 Å². The van der Waals surface area contributed by atoms with Crippen LogP contribution in [0, 0.1) is 5.82 Å². The molecule has 11 nitrogen and oxygen atoms in total. The average molecular weight is 528 g/mol. The number of carbonyl (C=O) groups excluding carboxylic acids is 3. The molecule has 1 aromatic carbocycles. The number of fused-ring (bicyclic) bond motifs is 3. The van der Waals surface area contributed by atoms with E-state index in [-0.39, 0.29) is 54.6 Å². The van der Waals surface area contributed by atoms with Crippen LogP contribution >= 0.6 is 0 Å². The molecule has 3 fully saturated rings. The van der Waals surface area contributed by atoms with Crippen LogP contribution in [0.1, 0.15) is 46.1 Å².